The lowest BCUT2D eigenvalue weighted by molar-refractivity contribution is 0.0933. The maximum absolute atomic E-state index is 13.0. The van der Waals surface area contributed by atoms with Crippen molar-refractivity contribution >= 4 is 28.8 Å². The maximum atomic E-state index is 13.0. The predicted molar refractivity (Wildman–Crippen MR) is 123 cm³/mol. The Labute approximate surface area is 186 Å². The zero-order valence-corrected chi connectivity index (χ0v) is 19.0. The highest BCUT2D eigenvalue weighted by atomic mass is 35.5. The molecule has 0 aliphatic heterocycles. The molecule has 2 aromatic carbocycles. The molecule has 0 radical (unpaired) electrons. The number of hydrogen-bond donors (Lipinski definition) is 1. The van der Waals surface area contributed by atoms with E-state index < -0.39 is 0 Å². The quantitative estimate of drug-likeness (QED) is 0.525. The van der Waals surface area contributed by atoms with Gasteiger partial charge in [-0.2, -0.15) is 0 Å². The third-order valence-electron chi connectivity index (χ3n) is 4.47. The van der Waals surface area contributed by atoms with E-state index >= 15 is 0 Å². The lowest BCUT2D eigenvalue weighted by Gasteiger charge is -2.22. The van der Waals surface area contributed by atoms with Gasteiger partial charge in [-0.15, -0.1) is 11.3 Å². The molecule has 1 aromatic heterocycles. The topological polar surface area (TPSA) is 54.5 Å². The van der Waals surface area contributed by atoms with Crippen molar-refractivity contribution in [3.8, 4) is 5.75 Å². The van der Waals surface area contributed by atoms with Crippen LogP contribution in [0.15, 0.2) is 54.6 Å². The van der Waals surface area contributed by atoms with Crippen LogP contribution >= 0.6 is 22.9 Å². The summed E-state index contributed by atoms with van der Waals surface area (Å²) in [5.41, 5.74) is 1.92. The normalized spacial score (nSPS) is 12.0. The fourth-order valence-corrected chi connectivity index (χ4v) is 4.16. The molecule has 3 aromatic rings. The zero-order chi connectivity index (χ0) is 21.5. The number of benzene rings is 2. The van der Waals surface area contributed by atoms with Crippen molar-refractivity contribution in [2.75, 3.05) is 20.6 Å². The molecule has 7 heteroatoms. The van der Waals surface area contributed by atoms with E-state index in [1.165, 1.54) is 16.9 Å². The number of carbonyl (C=O) groups excluding carboxylic acids is 1. The Kier molecular flexibility index (Phi) is 7.85. The number of hydrogen-bond acceptors (Lipinski definition) is 5. The highest BCUT2D eigenvalue weighted by Gasteiger charge is 2.20. The van der Waals surface area contributed by atoms with Gasteiger partial charge in [-0.1, -0.05) is 41.9 Å². The van der Waals surface area contributed by atoms with Crippen LogP contribution in [0, 0.1) is 6.92 Å². The first-order valence-corrected chi connectivity index (χ1v) is 10.9. The number of aryl methyl sites for hydroxylation is 1. The molecule has 0 bridgehead atoms. The molecule has 1 unspecified atom stereocenters. The molecule has 0 saturated heterocycles. The van der Waals surface area contributed by atoms with Crippen molar-refractivity contribution in [3.05, 3.63) is 80.8 Å². The smallest absolute Gasteiger partial charge is 0.263 e. The monoisotopic (exact) mass is 443 g/mol. The Morgan fingerprint density at radius 2 is 1.87 bits per heavy atom. The van der Waals surface area contributed by atoms with E-state index in [-0.39, 0.29) is 11.9 Å². The first-order valence-electron chi connectivity index (χ1n) is 9.75. The SMILES string of the molecule is Cc1nc(COc2ccc(Cl)cc2)sc1C(=O)NC(Cc1ccccc1)CN(C)C. The number of halogens is 1. The summed E-state index contributed by atoms with van der Waals surface area (Å²) >= 11 is 7.27. The number of nitrogens with one attached hydrogen (secondary N) is 1. The van der Waals surface area contributed by atoms with E-state index in [0.29, 0.717) is 22.3 Å². The number of thiazole rings is 1. The lowest BCUT2D eigenvalue weighted by atomic mass is 10.1. The Hall–Kier alpha value is -2.41. The van der Waals surface area contributed by atoms with Gasteiger partial charge in [0.2, 0.25) is 0 Å². The van der Waals surface area contributed by atoms with Gasteiger partial charge >= 0.3 is 0 Å². The van der Waals surface area contributed by atoms with E-state index in [4.69, 9.17) is 16.3 Å². The number of aromatic nitrogens is 1. The summed E-state index contributed by atoms with van der Waals surface area (Å²) in [5, 5.41) is 4.61. The van der Waals surface area contributed by atoms with Gasteiger partial charge in [-0.05, 0) is 57.3 Å². The van der Waals surface area contributed by atoms with Crippen molar-refractivity contribution in [3.63, 3.8) is 0 Å². The molecule has 0 spiro atoms. The third-order valence-corrected chi connectivity index (χ3v) is 5.85. The van der Waals surface area contributed by atoms with Crippen LogP contribution in [0.25, 0.3) is 0 Å². The summed E-state index contributed by atoms with van der Waals surface area (Å²) in [6.45, 7) is 2.92. The third kappa shape index (κ3) is 6.55. The molecule has 1 atom stereocenters. The first-order chi connectivity index (χ1) is 14.4. The molecule has 0 aliphatic rings. The van der Waals surface area contributed by atoms with Gasteiger partial charge in [0.25, 0.3) is 5.91 Å². The van der Waals surface area contributed by atoms with Gasteiger partial charge in [0, 0.05) is 17.6 Å². The standard InChI is InChI=1S/C23H26ClN3O2S/c1-16-22(30-21(25-16)15-29-20-11-9-18(24)10-12-20)23(28)26-19(14-27(2)3)13-17-7-5-4-6-8-17/h4-12,19H,13-15H2,1-3H3,(H,26,28). The Morgan fingerprint density at radius 1 is 1.17 bits per heavy atom. The summed E-state index contributed by atoms with van der Waals surface area (Å²) in [6, 6.07) is 17.4. The average molecular weight is 444 g/mol. The van der Waals surface area contributed by atoms with Crippen molar-refractivity contribution in [1.29, 1.82) is 0 Å². The van der Waals surface area contributed by atoms with Gasteiger partial charge in [0.15, 0.2) is 0 Å². The number of ether oxygens (including phenoxy) is 1. The minimum absolute atomic E-state index is 0.00478. The fraction of sp³-hybridized carbons (Fsp3) is 0.304. The molecule has 0 fully saturated rings. The van der Waals surface area contributed by atoms with Gasteiger partial charge in [-0.3, -0.25) is 4.79 Å². The summed E-state index contributed by atoms with van der Waals surface area (Å²) in [5.74, 6) is 0.623. The average Bonchev–Trinajstić information content (AvgIpc) is 3.08. The largest absolute Gasteiger partial charge is 0.486 e. The molecule has 30 heavy (non-hydrogen) atoms. The van der Waals surface area contributed by atoms with Crippen LogP contribution in [0.5, 0.6) is 5.75 Å². The summed E-state index contributed by atoms with van der Waals surface area (Å²) < 4.78 is 5.76. The number of likely N-dealkylation sites (N-methyl/N-ethyl adjacent to an activating group) is 1. The molecule has 5 nitrogen and oxygen atoms in total. The first kappa shape index (κ1) is 22.3. The van der Waals surface area contributed by atoms with E-state index in [0.717, 1.165) is 23.7 Å². The Morgan fingerprint density at radius 3 is 2.53 bits per heavy atom. The second kappa shape index (κ2) is 10.6. The van der Waals surface area contributed by atoms with Gasteiger partial charge in [0.05, 0.1) is 5.69 Å². The number of nitrogens with zero attached hydrogens (tertiary/aromatic N) is 2. The molecule has 0 saturated carbocycles. The summed E-state index contributed by atoms with van der Waals surface area (Å²) in [7, 11) is 4.02. The van der Waals surface area contributed by atoms with Crippen LogP contribution in [-0.2, 0) is 13.0 Å². The predicted octanol–water partition coefficient (Wildman–Crippen LogP) is 4.59. The minimum atomic E-state index is -0.0921. The number of carbonyl (C=O) groups is 1. The second-order valence-corrected chi connectivity index (χ2v) is 8.91. The van der Waals surface area contributed by atoms with Crippen LogP contribution in [0.1, 0.15) is 25.9 Å². The fourth-order valence-electron chi connectivity index (χ4n) is 3.15. The van der Waals surface area contributed by atoms with Crippen molar-refractivity contribution < 1.29 is 9.53 Å². The Bertz CT molecular complexity index is 958. The molecule has 1 amide bonds. The molecular formula is C23H26ClN3O2S. The second-order valence-electron chi connectivity index (χ2n) is 7.39. The van der Waals surface area contributed by atoms with Gasteiger partial charge in [-0.25, -0.2) is 4.98 Å². The van der Waals surface area contributed by atoms with E-state index in [1.807, 2.05) is 51.4 Å². The van der Waals surface area contributed by atoms with Crippen molar-refractivity contribution in [1.82, 2.24) is 15.2 Å². The molecule has 158 valence electrons. The van der Waals surface area contributed by atoms with Crippen LogP contribution < -0.4 is 10.1 Å². The van der Waals surface area contributed by atoms with Crippen LogP contribution in [0.4, 0.5) is 0 Å². The van der Waals surface area contributed by atoms with E-state index in [9.17, 15) is 4.79 Å². The maximum Gasteiger partial charge on any atom is 0.263 e. The number of rotatable bonds is 9. The van der Waals surface area contributed by atoms with Crippen molar-refractivity contribution in [2.24, 2.45) is 0 Å². The van der Waals surface area contributed by atoms with E-state index in [1.54, 1.807) is 12.1 Å². The Balaban J connectivity index is 1.64. The lowest BCUT2D eigenvalue weighted by Crippen LogP contribution is -2.43. The summed E-state index contributed by atoms with van der Waals surface area (Å²) in [4.78, 5) is 20.2. The van der Waals surface area contributed by atoms with Crippen LogP contribution in [0.2, 0.25) is 5.02 Å². The van der Waals surface area contributed by atoms with Crippen molar-refractivity contribution in [2.45, 2.75) is 26.0 Å². The summed E-state index contributed by atoms with van der Waals surface area (Å²) in [6.07, 6.45) is 0.773. The minimum Gasteiger partial charge on any atom is -0.486 e. The molecule has 3 rings (SSSR count). The van der Waals surface area contributed by atoms with Crippen LogP contribution in [-0.4, -0.2) is 42.5 Å². The zero-order valence-electron chi connectivity index (χ0n) is 17.4. The highest BCUT2D eigenvalue weighted by molar-refractivity contribution is 7.13. The van der Waals surface area contributed by atoms with Crippen LogP contribution in [0.3, 0.4) is 0 Å². The highest BCUT2D eigenvalue weighted by Crippen LogP contribution is 2.22. The molecule has 0 aliphatic carbocycles. The molecule has 1 N–H and O–H groups in total. The van der Waals surface area contributed by atoms with E-state index in [2.05, 4.69) is 27.3 Å². The molecule has 1 heterocycles. The van der Waals surface area contributed by atoms with Gasteiger partial charge in [0.1, 0.15) is 22.2 Å². The van der Waals surface area contributed by atoms with Gasteiger partial charge < -0.3 is 15.0 Å². The molecular weight excluding hydrogens is 418 g/mol. The number of amides is 1.